The molecule has 1 aromatic heterocycles. The molecule has 0 aliphatic rings. The van der Waals surface area contributed by atoms with E-state index in [9.17, 15) is 4.39 Å². The van der Waals surface area contributed by atoms with Crippen LogP contribution in [-0.2, 0) is 6.54 Å². The Hall–Kier alpha value is -1.72. The van der Waals surface area contributed by atoms with Gasteiger partial charge >= 0.3 is 0 Å². The quantitative estimate of drug-likeness (QED) is 0.630. The lowest BCUT2D eigenvalue weighted by molar-refractivity contribution is 0.325. The van der Waals surface area contributed by atoms with Crippen molar-refractivity contribution < 1.29 is 4.39 Å². The van der Waals surface area contributed by atoms with Crippen LogP contribution >= 0.6 is 11.6 Å². The SMILES string of the molecule is CN(CCCNc1nc(Cl)ncc1F)Cc1ccccc1. The van der Waals surface area contributed by atoms with Gasteiger partial charge in [-0.15, -0.1) is 0 Å². The molecule has 0 bridgehead atoms. The Balaban J connectivity index is 1.71. The van der Waals surface area contributed by atoms with Crippen molar-refractivity contribution in [2.24, 2.45) is 0 Å². The maximum Gasteiger partial charge on any atom is 0.224 e. The maximum atomic E-state index is 13.4. The topological polar surface area (TPSA) is 41.0 Å². The van der Waals surface area contributed by atoms with E-state index in [-0.39, 0.29) is 11.1 Å². The second-order valence-electron chi connectivity index (χ2n) is 4.84. The van der Waals surface area contributed by atoms with E-state index in [1.54, 1.807) is 0 Å². The fourth-order valence-electron chi connectivity index (χ4n) is 2.00. The van der Waals surface area contributed by atoms with E-state index in [1.165, 1.54) is 5.56 Å². The highest BCUT2D eigenvalue weighted by Crippen LogP contribution is 2.11. The number of rotatable bonds is 7. The van der Waals surface area contributed by atoms with Gasteiger partial charge < -0.3 is 10.2 Å². The molecule has 0 fully saturated rings. The molecule has 0 amide bonds. The molecule has 2 rings (SSSR count). The van der Waals surface area contributed by atoms with Crippen molar-refractivity contribution in [3.63, 3.8) is 0 Å². The van der Waals surface area contributed by atoms with Crippen molar-refractivity contribution >= 4 is 17.4 Å². The number of anilines is 1. The second kappa shape index (κ2) is 7.90. The minimum atomic E-state index is -0.489. The molecular formula is C15H18ClFN4. The molecule has 0 unspecified atom stereocenters. The summed E-state index contributed by atoms with van der Waals surface area (Å²) in [7, 11) is 2.06. The van der Waals surface area contributed by atoms with E-state index in [1.807, 2.05) is 18.2 Å². The van der Waals surface area contributed by atoms with Crippen LogP contribution in [0, 0.1) is 5.82 Å². The molecule has 1 N–H and O–H groups in total. The van der Waals surface area contributed by atoms with Gasteiger partial charge in [0.25, 0.3) is 0 Å². The third-order valence-electron chi connectivity index (χ3n) is 3.02. The summed E-state index contributed by atoms with van der Waals surface area (Å²) in [5.41, 5.74) is 1.28. The van der Waals surface area contributed by atoms with E-state index in [0.717, 1.165) is 25.7 Å². The third-order valence-corrected chi connectivity index (χ3v) is 3.20. The number of hydrogen-bond donors (Lipinski definition) is 1. The second-order valence-corrected chi connectivity index (χ2v) is 5.18. The van der Waals surface area contributed by atoms with Crippen LogP contribution in [0.25, 0.3) is 0 Å². The summed E-state index contributed by atoms with van der Waals surface area (Å²) >= 11 is 5.63. The van der Waals surface area contributed by atoms with E-state index in [0.29, 0.717) is 6.54 Å². The molecule has 0 spiro atoms. The monoisotopic (exact) mass is 308 g/mol. The highest BCUT2D eigenvalue weighted by atomic mass is 35.5. The number of nitrogens with one attached hydrogen (secondary N) is 1. The summed E-state index contributed by atoms with van der Waals surface area (Å²) in [6.07, 6.45) is 1.95. The van der Waals surface area contributed by atoms with Gasteiger partial charge in [-0.3, -0.25) is 0 Å². The zero-order valence-electron chi connectivity index (χ0n) is 11.9. The lowest BCUT2D eigenvalue weighted by atomic mass is 10.2. The zero-order chi connectivity index (χ0) is 15.1. The van der Waals surface area contributed by atoms with Crippen molar-refractivity contribution in [3.8, 4) is 0 Å². The van der Waals surface area contributed by atoms with E-state index in [2.05, 4.69) is 39.4 Å². The molecule has 21 heavy (non-hydrogen) atoms. The predicted molar refractivity (Wildman–Crippen MR) is 82.9 cm³/mol. The molecule has 4 nitrogen and oxygen atoms in total. The Bertz CT molecular complexity index is 565. The van der Waals surface area contributed by atoms with Crippen molar-refractivity contribution in [1.29, 1.82) is 0 Å². The summed E-state index contributed by atoms with van der Waals surface area (Å²) < 4.78 is 13.4. The van der Waals surface area contributed by atoms with Crippen LogP contribution in [-0.4, -0.2) is 35.0 Å². The first-order valence-corrected chi connectivity index (χ1v) is 7.17. The van der Waals surface area contributed by atoms with Crippen molar-refractivity contribution in [2.45, 2.75) is 13.0 Å². The summed E-state index contributed by atoms with van der Waals surface area (Å²) in [6.45, 7) is 2.43. The highest BCUT2D eigenvalue weighted by Gasteiger charge is 2.05. The van der Waals surface area contributed by atoms with Crippen LogP contribution in [0.4, 0.5) is 10.2 Å². The molecule has 1 aromatic carbocycles. The Labute approximate surface area is 129 Å². The first-order chi connectivity index (χ1) is 10.1. The van der Waals surface area contributed by atoms with Gasteiger partial charge in [-0.1, -0.05) is 30.3 Å². The minimum Gasteiger partial charge on any atom is -0.367 e. The highest BCUT2D eigenvalue weighted by molar-refractivity contribution is 6.28. The van der Waals surface area contributed by atoms with E-state index in [4.69, 9.17) is 11.6 Å². The van der Waals surface area contributed by atoms with Crippen LogP contribution in [0.15, 0.2) is 36.5 Å². The molecule has 0 saturated carbocycles. The average molecular weight is 309 g/mol. The average Bonchev–Trinajstić information content (AvgIpc) is 2.48. The largest absolute Gasteiger partial charge is 0.367 e. The van der Waals surface area contributed by atoms with Crippen LogP contribution < -0.4 is 5.32 Å². The lowest BCUT2D eigenvalue weighted by Crippen LogP contribution is -2.21. The molecular weight excluding hydrogens is 291 g/mol. The summed E-state index contributed by atoms with van der Waals surface area (Å²) in [5, 5.41) is 2.98. The van der Waals surface area contributed by atoms with Gasteiger partial charge in [-0.2, -0.15) is 4.98 Å². The molecule has 6 heteroatoms. The van der Waals surface area contributed by atoms with E-state index >= 15 is 0 Å². The third kappa shape index (κ3) is 5.28. The molecule has 2 aromatic rings. The van der Waals surface area contributed by atoms with E-state index < -0.39 is 5.82 Å². The van der Waals surface area contributed by atoms with Gasteiger partial charge in [0, 0.05) is 13.1 Å². The van der Waals surface area contributed by atoms with Gasteiger partial charge in [0.15, 0.2) is 11.6 Å². The fraction of sp³-hybridized carbons (Fsp3) is 0.333. The maximum absolute atomic E-state index is 13.4. The molecule has 0 aliphatic carbocycles. The molecule has 112 valence electrons. The standard InChI is InChI=1S/C15H18ClFN4/c1-21(11-12-6-3-2-4-7-12)9-5-8-18-14-13(17)10-19-15(16)20-14/h2-4,6-7,10H,5,8-9,11H2,1H3,(H,18,19,20). The number of benzene rings is 1. The molecule has 0 radical (unpaired) electrons. The Kier molecular flexibility index (Phi) is 5.90. The first kappa shape index (κ1) is 15.7. The zero-order valence-corrected chi connectivity index (χ0v) is 12.6. The van der Waals surface area contributed by atoms with Crippen LogP contribution in [0.1, 0.15) is 12.0 Å². The van der Waals surface area contributed by atoms with Crippen molar-refractivity contribution in [1.82, 2.24) is 14.9 Å². The molecule has 0 aliphatic heterocycles. The Morgan fingerprint density at radius 2 is 2.05 bits per heavy atom. The summed E-state index contributed by atoms with van der Waals surface area (Å²) in [5.74, 6) is -0.335. The summed E-state index contributed by atoms with van der Waals surface area (Å²) in [6, 6.07) is 10.3. The number of nitrogens with zero attached hydrogens (tertiary/aromatic N) is 3. The van der Waals surface area contributed by atoms with Gasteiger partial charge in [0.1, 0.15) is 0 Å². The Morgan fingerprint density at radius 1 is 1.29 bits per heavy atom. The number of hydrogen-bond acceptors (Lipinski definition) is 4. The number of halogens is 2. The van der Waals surface area contributed by atoms with Gasteiger partial charge in [-0.05, 0) is 37.2 Å². The summed E-state index contributed by atoms with van der Waals surface area (Å²) in [4.78, 5) is 9.61. The lowest BCUT2D eigenvalue weighted by Gasteiger charge is -2.16. The molecule has 1 heterocycles. The van der Waals surface area contributed by atoms with Crippen LogP contribution in [0.5, 0.6) is 0 Å². The Morgan fingerprint density at radius 3 is 2.81 bits per heavy atom. The van der Waals surface area contributed by atoms with Crippen LogP contribution in [0.2, 0.25) is 5.28 Å². The number of aromatic nitrogens is 2. The van der Waals surface area contributed by atoms with Crippen molar-refractivity contribution in [2.75, 3.05) is 25.5 Å². The normalized spacial score (nSPS) is 10.9. The molecule has 0 atom stereocenters. The smallest absolute Gasteiger partial charge is 0.224 e. The predicted octanol–water partition coefficient (Wildman–Crippen LogP) is 3.20. The van der Waals surface area contributed by atoms with Gasteiger partial charge in [0.05, 0.1) is 6.20 Å². The van der Waals surface area contributed by atoms with Crippen molar-refractivity contribution in [3.05, 3.63) is 53.2 Å². The van der Waals surface area contributed by atoms with Gasteiger partial charge in [0.2, 0.25) is 5.28 Å². The fourth-order valence-corrected chi connectivity index (χ4v) is 2.13. The first-order valence-electron chi connectivity index (χ1n) is 6.79. The minimum absolute atomic E-state index is 0.0418. The molecule has 0 saturated heterocycles. The van der Waals surface area contributed by atoms with Gasteiger partial charge in [-0.25, -0.2) is 9.37 Å². The van der Waals surface area contributed by atoms with Crippen LogP contribution in [0.3, 0.4) is 0 Å².